The van der Waals surface area contributed by atoms with Crippen LogP contribution in [0.25, 0.3) is 6.08 Å². The van der Waals surface area contributed by atoms with Crippen molar-refractivity contribution in [2.75, 3.05) is 20.3 Å². The fourth-order valence-electron chi connectivity index (χ4n) is 2.92. The average Bonchev–Trinajstić information content (AvgIpc) is 3.06. The minimum Gasteiger partial charge on any atom is -0.493 e. The number of nitrogens with zero attached hydrogens (tertiary/aromatic N) is 2. The number of hydrogen-bond donors (Lipinski definition) is 1. The van der Waals surface area contributed by atoms with Crippen molar-refractivity contribution in [1.82, 2.24) is 4.90 Å². The van der Waals surface area contributed by atoms with Crippen molar-refractivity contribution in [1.29, 1.82) is 0 Å². The Morgan fingerprint density at radius 1 is 1.31 bits per heavy atom. The highest BCUT2D eigenvalue weighted by atomic mass is 35.5. The SMILES string of the molecule is C=CCOc1c(Cl)cc(/C=C2\SC(=Nc3ccc(C(=O)O)cc3)N(CC)C2=O)cc1OC. The van der Waals surface area contributed by atoms with Crippen molar-refractivity contribution in [3.63, 3.8) is 0 Å². The van der Waals surface area contributed by atoms with Gasteiger partial charge in [-0.1, -0.05) is 24.3 Å². The number of carbonyl (C=O) groups is 2. The van der Waals surface area contributed by atoms with Crippen LogP contribution >= 0.6 is 23.4 Å². The van der Waals surface area contributed by atoms with Crippen LogP contribution in [0.15, 0.2) is 59.0 Å². The maximum Gasteiger partial charge on any atom is 0.335 e. The molecule has 0 bridgehead atoms. The number of likely N-dealkylation sites (N-methyl/N-ethyl adjacent to an activating group) is 1. The number of aromatic carboxylic acids is 1. The molecule has 1 N–H and O–H groups in total. The summed E-state index contributed by atoms with van der Waals surface area (Å²) >= 11 is 7.59. The van der Waals surface area contributed by atoms with Gasteiger partial charge >= 0.3 is 5.97 Å². The summed E-state index contributed by atoms with van der Waals surface area (Å²) in [5.41, 5.74) is 1.40. The van der Waals surface area contributed by atoms with Crippen LogP contribution in [0.1, 0.15) is 22.8 Å². The van der Waals surface area contributed by atoms with Gasteiger partial charge in [-0.05, 0) is 66.7 Å². The molecule has 1 fully saturated rings. The maximum absolute atomic E-state index is 12.9. The van der Waals surface area contributed by atoms with E-state index in [1.54, 1.807) is 41.3 Å². The van der Waals surface area contributed by atoms with Crippen LogP contribution in [0.4, 0.5) is 5.69 Å². The highest BCUT2D eigenvalue weighted by Gasteiger charge is 2.32. The van der Waals surface area contributed by atoms with Crippen LogP contribution < -0.4 is 9.47 Å². The van der Waals surface area contributed by atoms with E-state index in [1.165, 1.54) is 31.0 Å². The van der Waals surface area contributed by atoms with Crippen LogP contribution in [0.2, 0.25) is 5.02 Å². The molecule has 3 rings (SSSR count). The van der Waals surface area contributed by atoms with Gasteiger partial charge in [0.25, 0.3) is 5.91 Å². The standard InChI is InChI=1S/C23H21ClN2O5S/c1-4-10-31-20-17(24)11-14(12-18(20)30-3)13-19-21(27)26(5-2)23(32-19)25-16-8-6-15(7-9-16)22(28)29/h4,6-9,11-13H,1,5,10H2,2-3H3,(H,28,29)/b19-13-,25-23?. The van der Waals surface area contributed by atoms with E-state index in [0.29, 0.717) is 44.4 Å². The van der Waals surface area contributed by atoms with Gasteiger partial charge in [-0.2, -0.15) is 0 Å². The van der Waals surface area contributed by atoms with Gasteiger partial charge in [0.15, 0.2) is 16.7 Å². The lowest BCUT2D eigenvalue weighted by Crippen LogP contribution is -2.28. The molecule has 0 atom stereocenters. The number of ether oxygens (including phenoxy) is 2. The fraction of sp³-hybridized carbons (Fsp3) is 0.174. The fourth-order valence-corrected chi connectivity index (χ4v) is 4.25. The van der Waals surface area contributed by atoms with Crippen molar-refractivity contribution in [3.8, 4) is 11.5 Å². The first kappa shape index (κ1) is 23.4. The van der Waals surface area contributed by atoms with Gasteiger partial charge in [0, 0.05) is 6.54 Å². The van der Waals surface area contributed by atoms with Crippen molar-refractivity contribution in [2.24, 2.45) is 4.99 Å². The van der Waals surface area contributed by atoms with Gasteiger partial charge < -0.3 is 14.6 Å². The van der Waals surface area contributed by atoms with E-state index >= 15 is 0 Å². The quantitative estimate of drug-likeness (QED) is 0.417. The lowest BCUT2D eigenvalue weighted by molar-refractivity contribution is -0.122. The third-order valence-electron chi connectivity index (χ3n) is 4.44. The molecule has 1 aliphatic rings. The van der Waals surface area contributed by atoms with Crippen molar-refractivity contribution in [3.05, 3.63) is 70.1 Å². The summed E-state index contributed by atoms with van der Waals surface area (Å²) in [6.45, 7) is 6.20. The number of aliphatic imine (C=N–C) groups is 1. The maximum atomic E-state index is 12.9. The van der Waals surface area contributed by atoms with Crippen LogP contribution in [0, 0.1) is 0 Å². The zero-order valence-corrected chi connectivity index (χ0v) is 19.1. The van der Waals surface area contributed by atoms with Gasteiger partial charge in [-0.3, -0.25) is 9.69 Å². The Kier molecular flexibility index (Phi) is 7.61. The Labute approximate surface area is 195 Å². The van der Waals surface area contributed by atoms with Crippen LogP contribution in [-0.4, -0.2) is 47.3 Å². The molecule has 1 heterocycles. The largest absolute Gasteiger partial charge is 0.493 e. The molecule has 0 radical (unpaired) electrons. The summed E-state index contributed by atoms with van der Waals surface area (Å²) in [5.74, 6) is -0.337. The number of halogens is 1. The lowest BCUT2D eigenvalue weighted by Gasteiger charge is -2.12. The zero-order valence-electron chi connectivity index (χ0n) is 17.5. The van der Waals surface area contributed by atoms with E-state index < -0.39 is 5.97 Å². The molecule has 7 nitrogen and oxygen atoms in total. The number of amides is 1. The second-order valence-electron chi connectivity index (χ2n) is 6.54. The van der Waals surface area contributed by atoms with E-state index in [0.717, 1.165) is 0 Å². The molecule has 0 saturated carbocycles. The summed E-state index contributed by atoms with van der Waals surface area (Å²) in [7, 11) is 1.51. The first-order chi connectivity index (χ1) is 15.4. The Balaban J connectivity index is 1.92. The molecule has 2 aromatic rings. The summed E-state index contributed by atoms with van der Waals surface area (Å²) in [4.78, 5) is 30.5. The van der Waals surface area contributed by atoms with Crippen LogP contribution in [0.3, 0.4) is 0 Å². The topological polar surface area (TPSA) is 88.4 Å². The second-order valence-corrected chi connectivity index (χ2v) is 7.96. The monoisotopic (exact) mass is 472 g/mol. The second kappa shape index (κ2) is 10.4. The van der Waals surface area contributed by atoms with Gasteiger partial charge in [0.2, 0.25) is 0 Å². The first-order valence-corrected chi connectivity index (χ1v) is 10.8. The number of hydrogen-bond acceptors (Lipinski definition) is 6. The summed E-state index contributed by atoms with van der Waals surface area (Å²) in [6.07, 6.45) is 3.33. The minimum atomic E-state index is -1.01. The molecule has 166 valence electrons. The van der Waals surface area contributed by atoms with E-state index in [1.807, 2.05) is 6.92 Å². The minimum absolute atomic E-state index is 0.170. The molecule has 1 amide bonds. The van der Waals surface area contributed by atoms with Gasteiger partial charge in [-0.25, -0.2) is 9.79 Å². The normalized spacial score (nSPS) is 16.0. The van der Waals surface area contributed by atoms with E-state index in [-0.39, 0.29) is 18.1 Å². The highest BCUT2D eigenvalue weighted by molar-refractivity contribution is 8.18. The Morgan fingerprint density at radius 2 is 2.03 bits per heavy atom. The van der Waals surface area contributed by atoms with Crippen molar-refractivity contribution in [2.45, 2.75) is 6.92 Å². The lowest BCUT2D eigenvalue weighted by atomic mass is 10.1. The number of carboxylic acid groups (broad SMARTS) is 1. The molecule has 9 heteroatoms. The predicted molar refractivity (Wildman–Crippen MR) is 127 cm³/mol. The Morgan fingerprint density at radius 3 is 2.62 bits per heavy atom. The number of carboxylic acids is 1. The molecular formula is C23H21ClN2O5S. The Bertz CT molecular complexity index is 1110. The number of benzene rings is 2. The smallest absolute Gasteiger partial charge is 0.335 e. The first-order valence-electron chi connectivity index (χ1n) is 9.62. The number of rotatable bonds is 8. The third-order valence-corrected chi connectivity index (χ3v) is 5.73. The highest BCUT2D eigenvalue weighted by Crippen LogP contribution is 2.39. The third kappa shape index (κ3) is 5.15. The molecule has 0 aliphatic carbocycles. The molecule has 32 heavy (non-hydrogen) atoms. The van der Waals surface area contributed by atoms with Crippen molar-refractivity contribution < 1.29 is 24.2 Å². The zero-order chi connectivity index (χ0) is 23.3. The van der Waals surface area contributed by atoms with E-state index in [9.17, 15) is 9.59 Å². The summed E-state index contributed by atoms with van der Waals surface area (Å²) in [5, 5.41) is 9.90. The molecule has 0 spiro atoms. The van der Waals surface area contributed by atoms with E-state index in [2.05, 4.69) is 11.6 Å². The summed E-state index contributed by atoms with van der Waals surface area (Å²) in [6, 6.07) is 9.58. The van der Waals surface area contributed by atoms with Crippen LogP contribution in [0.5, 0.6) is 11.5 Å². The predicted octanol–water partition coefficient (Wildman–Crippen LogP) is 5.24. The van der Waals surface area contributed by atoms with Crippen molar-refractivity contribution >= 4 is 52.2 Å². The molecular weight excluding hydrogens is 452 g/mol. The molecule has 0 unspecified atom stereocenters. The molecule has 0 aromatic heterocycles. The molecule has 1 saturated heterocycles. The van der Waals surface area contributed by atoms with Gasteiger partial charge in [0.1, 0.15) is 6.61 Å². The van der Waals surface area contributed by atoms with E-state index in [4.69, 9.17) is 26.2 Å². The molecule has 1 aliphatic heterocycles. The van der Waals surface area contributed by atoms with Gasteiger partial charge in [-0.15, -0.1) is 0 Å². The average molecular weight is 473 g/mol. The number of thioether (sulfide) groups is 1. The van der Waals surface area contributed by atoms with Crippen LogP contribution in [-0.2, 0) is 4.79 Å². The Hall–Kier alpha value is -3.23. The molecule has 2 aromatic carbocycles. The number of carbonyl (C=O) groups excluding carboxylic acids is 1. The number of methoxy groups -OCH3 is 1. The number of amidine groups is 1. The summed E-state index contributed by atoms with van der Waals surface area (Å²) < 4.78 is 10.9. The van der Waals surface area contributed by atoms with Gasteiger partial charge in [0.05, 0.1) is 28.3 Å².